The third-order valence-corrected chi connectivity index (χ3v) is 6.69. The van der Waals surface area contributed by atoms with Gasteiger partial charge in [0, 0.05) is 43.4 Å². The number of hydrogen-bond acceptors (Lipinski definition) is 5. The van der Waals surface area contributed by atoms with E-state index in [0.717, 1.165) is 53.9 Å². The summed E-state index contributed by atoms with van der Waals surface area (Å²) in [6.45, 7) is 7.47. The number of fused-ring (bicyclic) bond motifs is 1. The molecule has 1 fully saturated rings. The number of aromatic nitrogens is 1. The van der Waals surface area contributed by atoms with Gasteiger partial charge in [0.25, 0.3) is 0 Å². The summed E-state index contributed by atoms with van der Waals surface area (Å²) in [7, 11) is -3.58. The van der Waals surface area contributed by atoms with Crippen LogP contribution in [-0.2, 0) is 9.84 Å². The molecule has 2 heterocycles. The zero-order valence-corrected chi connectivity index (χ0v) is 16.4. The molecule has 5 nitrogen and oxygen atoms in total. The number of hydrogen-bond donors (Lipinski definition) is 1. The highest BCUT2D eigenvalue weighted by molar-refractivity contribution is 7.91. The van der Waals surface area contributed by atoms with E-state index in [1.807, 2.05) is 26.0 Å². The second-order valence-corrected chi connectivity index (χ2v) is 9.02. The topological polar surface area (TPSA) is 62.3 Å². The van der Waals surface area contributed by atoms with E-state index in [9.17, 15) is 8.42 Å². The number of nitrogens with one attached hydrogen (secondary N) is 1. The van der Waals surface area contributed by atoms with Crippen LogP contribution in [0.4, 0.5) is 5.69 Å². The van der Waals surface area contributed by atoms with Gasteiger partial charge < -0.3 is 10.2 Å². The average Bonchev–Trinajstić information content (AvgIpc) is 2.67. The monoisotopic (exact) mass is 381 g/mol. The van der Waals surface area contributed by atoms with Crippen LogP contribution in [0.2, 0.25) is 0 Å². The summed E-state index contributed by atoms with van der Waals surface area (Å²) < 4.78 is 26.5. The molecule has 0 radical (unpaired) electrons. The first-order chi connectivity index (χ1) is 12.9. The minimum atomic E-state index is -3.58. The van der Waals surface area contributed by atoms with Crippen LogP contribution in [0.5, 0.6) is 0 Å². The van der Waals surface area contributed by atoms with Crippen molar-refractivity contribution in [1.82, 2.24) is 10.3 Å². The molecule has 140 valence electrons. The molecule has 1 aromatic heterocycles. The number of nitrogens with zero attached hydrogens (tertiary/aromatic N) is 2. The summed E-state index contributed by atoms with van der Waals surface area (Å²) in [6.07, 6.45) is 1.79. The molecule has 0 aliphatic carbocycles. The number of piperazine rings is 1. The summed E-state index contributed by atoms with van der Waals surface area (Å²) in [4.78, 5) is 7.36. The van der Waals surface area contributed by atoms with Crippen molar-refractivity contribution in [2.45, 2.75) is 23.6 Å². The fourth-order valence-electron chi connectivity index (χ4n) is 3.68. The number of aryl methyl sites for hydroxylation is 2. The van der Waals surface area contributed by atoms with Crippen molar-refractivity contribution in [3.05, 3.63) is 59.8 Å². The van der Waals surface area contributed by atoms with Crippen molar-refractivity contribution in [2.24, 2.45) is 0 Å². The van der Waals surface area contributed by atoms with Crippen LogP contribution in [0.1, 0.15) is 11.1 Å². The standard InChI is InChI=1S/C21H23N3O2S/c1-15-11-16(2)13-18(12-15)27(25,26)17-3-4-20-19(14-17)21(5-6-23-20)24-9-7-22-8-10-24/h3-6,11-14,22H,7-10H2,1-2H3. The summed E-state index contributed by atoms with van der Waals surface area (Å²) in [5.41, 5.74) is 3.74. The molecule has 0 bridgehead atoms. The van der Waals surface area contributed by atoms with E-state index in [4.69, 9.17) is 0 Å². The fraction of sp³-hybridized carbons (Fsp3) is 0.286. The van der Waals surface area contributed by atoms with Crippen molar-refractivity contribution in [1.29, 1.82) is 0 Å². The van der Waals surface area contributed by atoms with Crippen molar-refractivity contribution in [2.75, 3.05) is 31.1 Å². The van der Waals surface area contributed by atoms with Crippen molar-refractivity contribution in [3.63, 3.8) is 0 Å². The van der Waals surface area contributed by atoms with Crippen molar-refractivity contribution < 1.29 is 8.42 Å². The molecule has 6 heteroatoms. The molecule has 1 aliphatic heterocycles. The normalized spacial score (nSPS) is 15.3. The Labute approximate surface area is 160 Å². The van der Waals surface area contributed by atoms with E-state index in [0.29, 0.717) is 9.79 Å². The number of sulfone groups is 1. The highest BCUT2D eigenvalue weighted by atomic mass is 32.2. The number of benzene rings is 2. The predicted octanol–water partition coefficient (Wildman–Crippen LogP) is 3.09. The molecular formula is C21H23N3O2S. The van der Waals surface area contributed by atoms with Crippen molar-refractivity contribution in [3.8, 4) is 0 Å². The van der Waals surface area contributed by atoms with E-state index < -0.39 is 9.84 Å². The van der Waals surface area contributed by atoms with Crippen LogP contribution in [0.3, 0.4) is 0 Å². The Kier molecular flexibility index (Phi) is 4.61. The summed E-state index contributed by atoms with van der Waals surface area (Å²) >= 11 is 0. The zero-order chi connectivity index (χ0) is 19.0. The van der Waals surface area contributed by atoms with Gasteiger partial charge in [0.1, 0.15) is 0 Å². The summed E-state index contributed by atoms with van der Waals surface area (Å²) in [5, 5.41) is 4.23. The molecule has 2 aromatic carbocycles. The van der Waals surface area contributed by atoms with Gasteiger partial charge in [-0.05, 0) is 61.4 Å². The molecule has 0 unspecified atom stereocenters. The average molecular weight is 382 g/mol. The molecule has 1 N–H and O–H groups in total. The Morgan fingerprint density at radius 1 is 0.926 bits per heavy atom. The van der Waals surface area contributed by atoms with Crippen molar-refractivity contribution >= 4 is 26.4 Å². The SMILES string of the molecule is Cc1cc(C)cc(S(=O)(=O)c2ccc3nccc(N4CCNCC4)c3c2)c1. The Bertz CT molecular complexity index is 1080. The minimum Gasteiger partial charge on any atom is -0.368 e. The van der Waals surface area contributed by atoms with Crippen LogP contribution in [0.15, 0.2) is 58.5 Å². The predicted molar refractivity (Wildman–Crippen MR) is 108 cm³/mol. The Balaban J connectivity index is 1.85. The first-order valence-corrected chi connectivity index (χ1v) is 10.6. The second kappa shape index (κ2) is 6.94. The highest BCUT2D eigenvalue weighted by Crippen LogP contribution is 2.30. The molecule has 1 aliphatic rings. The molecular weight excluding hydrogens is 358 g/mol. The maximum Gasteiger partial charge on any atom is 0.206 e. The Morgan fingerprint density at radius 2 is 1.63 bits per heavy atom. The van der Waals surface area contributed by atoms with Gasteiger partial charge in [-0.15, -0.1) is 0 Å². The molecule has 0 atom stereocenters. The van der Waals surface area contributed by atoms with Gasteiger partial charge >= 0.3 is 0 Å². The lowest BCUT2D eigenvalue weighted by Crippen LogP contribution is -2.43. The molecule has 0 saturated carbocycles. The third kappa shape index (κ3) is 3.42. The number of rotatable bonds is 3. The summed E-state index contributed by atoms with van der Waals surface area (Å²) in [6, 6.07) is 12.6. The van der Waals surface area contributed by atoms with Crippen LogP contribution >= 0.6 is 0 Å². The lowest BCUT2D eigenvalue weighted by atomic mass is 10.1. The lowest BCUT2D eigenvalue weighted by Gasteiger charge is -2.30. The Morgan fingerprint density at radius 3 is 2.33 bits per heavy atom. The maximum atomic E-state index is 13.2. The molecule has 27 heavy (non-hydrogen) atoms. The van der Waals surface area contributed by atoms with Crippen LogP contribution < -0.4 is 10.2 Å². The van der Waals surface area contributed by atoms with Gasteiger partial charge in [-0.2, -0.15) is 0 Å². The van der Waals surface area contributed by atoms with Gasteiger partial charge in [0.2, 0.25) is 9.84 Å². The van der Waals surface area contributed by atoms with Gasteiger partial charge in [0.15, 0.2) is 0 Å². The van der Waals surface area contributed by atoms with Gasteiger partial charge in [0.05, 0.1) is 15.3 Å². The smallest absolute Gasteiger partial charge is 0.206 e. The molecule has 1 saturated heterocycles. The van der Waals surface area contributed by atoms with Crippen LogP contribution in [-0.4, -0.2) is 39.6 Å². The van der Waals surface area contributed by atoms with Crippen LogP contribution in [0.25, 0.3) is 10.9 Å². The van der Waals surface area contributed by atoms with E-state index in [2.05, 4.69) is 15.2 Å². The zero-order valence-electron chi connectivity index (χ0n) is 15.6. The number of pyridine rings is 1. The first kappa shape index (κ1) is 17.9. The largest absolute Gasteiger partial charge is 0.368 e. The molecule has 0 amide bonds. The maximum absolute atomic E-state index is 13.2. The number of anilines is 1. The first-order valence-electron chi connectivity index (χ1n) is 9.13. The molecule has 4 rings (SSSR count). The van der Waals surface area contributed by atoms with E-state index in [-0.39, 0.29) is 0 Å². The van der Waals surface area contributed by atoms with Gasteiger partial charge in [-0.3, -0.25) is 4.98 Å². The van der Waals surface area contributed by atoms with Gasteiger partial charge in [-0.25, -0.2) is 8.42 Å². The Hall–Kier alpha value is -2.44. The lowest BCUT2D eigenvalue weighted by molar-refractivity contribution is 0.590. The molecule has 3 aromatic rings. The third-order valence-electron chi connectivity index (χ3n) is 4.96. The second-order valence-electron chi connectivity index (χ2n) is 7.07. The molecule has 0 spiro atoms. The van der Waals surface area contributed by atoms with E-state index in [1.54, 1.807) is 36.5 Å². The summed E-state index contributed by atoms with van der Waals surface area (Å²) in [5.74, 6) is 0. The van der Waals surface area contributed by atoms with E-state index >= 15 is 0 Å². The minimum absolute atomic E-state index is 0.310. The highest BCUT2D eigenvalue weighted by Gasteiger charge is 2.21. The van der Waals surface area contributed by atoms with Gasteiger partial charge in [-0.1, -0.05) is 6.07 Å². The fourth-order valence-corrected chi connectivity index (χ4v) is 5.16. The van der Waals surface area contributed by atoms with E-state index in [1.165, 1.54) is 0 Å². The quantitative estimate of drug-likeness (QED) is 0.755. The van der Waals surface area contributed by atoms with Crippen LogP contribution in [0, 0.1) is 13.8 Å².